The molecule has 0 bridgehead atoms. The second-order valence-corrected chi connectivity index (χ2v) is 5.07. The van der Waals surface area contributed by atoms with E-state index in [0.29, 0.717) is 12.1 Å². The molecule has 0 unspecified atom stereocenters. The Morgan fingerprint density at radius 1 is 1.35 bits per heavy atom. The van der Waals surface area contributed by atoms with Crippen LogP contribution in [0.15, 0.2) is 24.3 Å². The fourth-order valence-electron chi connectivity index (χ4n) is 1.52. The molecule has 0 N–H and O–H groups in total. The average Bonchev–Trinajstić information content (AvgIpc) is 2.30. The van der Waals surface area contributed by atoms with Crippen LogP contribution in [0.3, 0.4) is 0 Å². The van der Waals surface area contributed by atoms with Crippen molar-refractivity contribution in [1.82, 2.24) is 4.90 Å². The van der Waals surface area contributed by atoms with Crippen LogP contribution >= 0.6 is 0 Å². The van der Waals surface area contributed by atoms with Gasteiger partial charge in [0.15, 0.2) is 0 Å². The molecule has 0 saturated heterocycles. The van der Waals surface area contributed by atoms with Crippen LogP contribution in [0.4, 0.5) is 4.39 Å². The van der Waals surface area contributed by atoms with E-state index in [1.54, 1.807) is 12.1 Å². The second-order valence-electron chi connectivity index (χ2n) is 5.07. The maximum Gasteiger partial charge on any atom is 0.127 e. The van der Waals surface area contributed by atoms with Crippen LogP contribution in [0.5, 0.6) is 0 Å². The molecule has 0 aromatic heterocycles. The molecule has 0 aliphatic carbocycles. The van der Waals surface area contributed by atoms with Crippen LogP contribution in [0.25, 0.3) is 0 Å². The Morgan fingerprint density at radius 2 is 2.00 bits per heavy atom. The summed E-state index contributed by atoms with van der Waals surface area (Å²) >= 11 is 0. The monoisotopic (exact) mass is 234 g/mol. The quantitative estimate of drug-likeness (QED) is 0.782. The molecule has 0 saturated carbocycles. The molecule has 17 heavy (non-hydrogen) atoms. The van der Waals surface area contributed by atoms with Gasteiger partial charge in [0.05, 0.1) is 11.5 Å². The molecular weight excluding hydrogens is 215 g/mol. The van der Waals surface area contributed by atoms with Crippen molar-refractivity contribution in [2.24, 2.45) is 5.41 Å². The fourth-order valence-corrected chi connectivity index (χ4v) is 1.52. The van der Waals surface area contributed by atoms with Gasteiger partial charge in [-0.1, -0.05) is 18.2 Å². The zero-order chi connectivity index (χ0) is 12.9. The SMILES string of the molecule is CN(CCC(C)(C)C#N)Cc1ccccc1F. The van der Waals surface area contributed by atoms with Gasteiger partial charge in [-0.05, 0) is 39.9 Å². The van der Waals surface area contributed by atoms with Gasteiger partial charge in [-0.3, -0.25) is 0 Å². The highest BCUT2D eigenvalue weighted by molar-refractivity contribution is 5.16. The van der Waals surface area contributed by atoms with E-state index < -0.39 is 0 Å². The number of hydrogen-bond donors (Lipinski definition) is 0. The molecule has 1 aromatic rings. The number of rotatable bonds is 5. The number of nitrogens with zero attached hydrogens (tertiary/aromatic N) is 2. The van der Waals surface area contributed by atoms with Crippen LogP contribution in [0.2, 0.25) is 0 Å². The number of nitriles is 1. The Kier molecular flexibility index (Phi) is 4.65. The standard InChI is InChI=1S/C14H19FN2/c1-14(2,11-16)8-9-17(3)10-12-6-4-5-7-13(12)15/h4-7H,8-10H2,1-3H3. The van der Waals surface area contributed by atoms with E-state index in [1.165, 1.54) is 6.07 Å². The first-order chi connectivity index (χ1) is 7.94. The van der Waals surface area contributed by atoms with E-state index in [1.807, 2.05) is 31.9 Å². The molecule has 0 aliphatic rings. The van der Waals surface area contributed by atoms with Crippen molar-refractivity contribution in [2.45, 2.75) is 26.8 Å². The topological polar surface area (TPSA) is 27.0 Å². The summed E-state index contributed by atoms with van der Waals surface area (Å²) in [6, 6.07) is 9.07. The summed E-state index contributed by atoms with van der Waals surface area (Å²) in [6.07, 6.45) is 0.786. The molecule has 1 rings (SSSR count). The van der Waals surface area contributed by atoms with Gasteiger partial charge >= 0.3 is 0 Å². The summed E-state index contributed by atoms with van der Waals surface area (Å²) in [4.78, 5) is 2.04. The van der Waals surface area contributed by atoms with Gasteiger partial charge in [-0.25, -0.2) is 4.39 Å². The van der Waals surface area contributed by atoms with Crippen molar-refractivity contribution in [1.29, 1.82) is 5.26 Å². The highest BCUT2D eigenvalue weighted by atomic mass is 19.1. The number of benzene rings is 1. The molecule has 0 amide bonds. The first kappa shape index (κ1) is 13.7. The Balaban J connectivity index is 2.49. The normalized spacial score (nSPS) is 11.5. The largest absolute Gasteiger partial charge is 0.302 e. The third-order valence-electron chi connectivity index (χ3n) is 2.82. The number of halogens is 1. The van der Waals surface area contributed by atoms with Crippen molar-refractivity contribution in [3.63, 3.8) is 0 Å². The van der Waals surface area contributed by atoms with Crippen LogP contribution in [0, 0.1) is 22.6 Å². The molecule has 0 heterocycles. The molecule has 0 atom stereocenters. The minimum atomic E-state index is -0.316. The summed E-state index contributed by atoms with van der Waals surface area (Å²) in [7, 11) is 1.94. The molecule has 0 radical (unpaired) electrons. The van der Waals surface area contributed by atoms with Gasteiger partial charge < -0.3 is 4.90 Å². The van der Waals surface area contributed by atoms with Gasteiger partial charge in [0.1, 0.15) is 5.82 Å². The predicted molar refractivity (Wildman–Crippen MR) is 66.7 cm³/mol. The Labute approximate surface area is 103 Å². The first-order valence-corrected chi connectivity index (χ1v) is 5.78. The minimum absolute atomic E-state index is 0.168. The maximum absolute atomic E-state index is 13.4. The molecule has 3 heteroatoms. The van der Waals surface area contributed by atoms with Crippen molar-refractivity contribution in [2.75, 3.05) is 13.6 Å². The van der Waals surface area contributed by atoms with Gasteiger partial charge in [0, 0.05) is 12.1 Å². The summed E-state index contributed by atoms with van der Waals surface area (Å²) in [5.41, 5.74) is 0.383. The van der Waals surface area contributed by atoms with Crippen LogP contribution < -0.4 is 0 Å². The molecule has 0 fully saturated rings. The lowest BCUT2D eigenvalue weighted by molar-refractivity contribution is 0.277. The van der Waals surface area contributed by atoms with Crippen molar-refractivity contribution < 1.29 is 4.39 Å². The van der Waals surface area contributed by atoms with Crippen LogP contribution in [-0.4, -0.2) is 18.5 Å². The molecular formula is C14H19FN2. The van der Waals surface area contributed by atoms with E-state index in [4.69, 9.17) is 5.26 Å². The van der Waals surface area contributed by atoms with E-state index in [-0.39, 0.29) is 11.2 Å². The highest BCUT2D eigenvalue weighted by Gasteiger charge is 2.17. The Bertz CT molecular complexity index is 407. The summed E-state index contributed by atoms with van der Waals surface area (Å²) in [6.45, 7) is 5.21. The summed E-state index contributed by atoms with van der Waals surface area (Å²) < 4.78 is 13.4. The Hall–Kier alpha value is -1.40. The first-order valence-electron chi connectivity index (χ1n) is 5.78. The zero-order valence-corrected chi connectivity index (χ0v) is 10.7. The molecule has 0 spiro atoms. The van der Waals surface area contributed by atoms with Crippen molar-refractivity contribution in [3.05, 3.63) is 35.6 Å². The van der Waals surface area contributed by atoms with Crippen LogP contribution in [-0.2, 0) is 6.54 Å². The highest BCUT2D eigenvalue weighted by Crippen LogP contribution is 2.19. The van der Waals surface area contributed by atoms with Crippen molar-refractivity contribution >= 4 is 0 Å². The van der Waals surface area contributed by atoms with Crippen molar-refractivity contribution in [3.8, 4) is 6.07 Å². The molecule has 2 nitrogen and oxygen atoms in total. The molecule has 92 valence electrons. The van der Waals surface area contributed by atoms with Gasteiger partial charge in [0.2, 0.25) is 0 Å². The zero-order valence-electron chi connectivity index (χ0n) is 10.7. The smallest absolute Gasteiger partial charge is 0.127 e. The predicted octanol–water partition coefficient (Wildman–Crippen LogP) is 3.20. The lowest BCUT2D eigenvalue weighted by Gasteiger charge is -2.21. The van der Waals surface area contributed by atoms with Gasteiger partial charge in [-0.15, -0.1) is 0 Å². The van der Waals surface area contributed by atoms with E-state index in [0.717, 1.165) is 13.0 Å². The summed E-state index contributed by atoms with van der Waals surface area (Å²) in [5, 5.41) is 8.91. The van der Waals surface area contributed by atoms with Gasteiger partial charge in [0.25, 0.3) is 0 Å². The average molecular weight is 234 g/mol. The van der Waals surface area contributed by atoms with Gasteiger partial charge in [-0.2, -0.15) is 5.26 Å². The third kappa shape index (κ3) is 4.54. The minimum Gasteiger partial charge on any atom is -0.302 e. The van der Waals surface area contributed by atoms with Crippen LogP contribution in [0.1, 0.15) is 25.8 Å². The number of hydrogen-bond acceptors (Lipinski definition) is 2. The fraction of sp³-hybridized carbons (Fsp3) is 0.500. The van der Waals surface area contributed by atoms with E-state index >= 15 is 0 Å². The summed E-state index contributed by atoms with van der Waals surface area (Å²) in [5.74, 6) is -0.168. The lowest BCUT2D eigenvalue weighted by Crippen LogP contribution is -2.24. The second kappa shape index (κ2) is 5.79. The molecule has 0 aliphatic heterocycles. The third-order valence-corrected chi connectivity index (χ3v) is 2.82. The van der Waals surface area contributed by atoms with E-state index in [2.05, 4.69) is 6.07 Å². The lowest BCUT2D eigenvalue weighted by atomic mass is 9.91. The van der Waals surface area contributed by atoms with E-state index in [9.17, 15) is 4.39 Å². The maximum atomic E-state index is 13.4. The molecule has 1 aromatic carbocycles. The Morgan fingerprint density at radius 3 is 2.59 bits per heavy atom.